The van der Waals surface area contributed by atoms with Gasteiger partial charge < -0.3 is 14.6 Å². The molecule has 144 valence electrons. The molecule has 1 aliphatic rings. The van der Waals surface area contributed by atoms with Crippen LogP contribution in [0.25, 0.3) is 10.8 Å². The van der Waals surface area contributed by atoms with E-state index < -0.39 is 12.0 Å². The molecule has 3 aromatic rings. The minimum absolute atomic E-state index is 0.0496. The molecule has 0 amide bonds. The molecule has 1 heterocycles. The van der Waals surface area contributed by atoms with Gasteiger partial charge in [0.05, 0.1) is 12.5 Å². The van der Waals surface area contributed by atoms with Gasteiger partial charge in [-0.15, -0.1) is 11.8 Å². The van der Waals surface area contributed by atoms with Gasteiger partial charge in [0, 0.05) is 11.3 Å². The van der Waals surface area contributed by atoms with E-state index in [1.54, 1.807) is 18.9 Å². The first-order valence-electron chi connectivity index (χ1n) is 9.03. The molecule has 0 unspecified atom stereocenters. The molecular formula is C22H21NO4S. The number of carboxylic acids is 1. The maximum Gasteiger partial charge on any atom is 0.321 e. The summed E-state index contributed by atoms with van der Waals surface area (Å²) in [6.07, 6.45) is 0. The van der Waals surface area contributed by atoms with E-state index in [-0.39, 0.29) is 5.37 Å². The molecule has 2 N–H and O–H groups in total. The lowest BCUT2D eigenvalue weighted by molar-refractivity contribution is -0.138. The summed E-state index contributed by atoms with van der Waals surface area (Å²) in [4.78, 5) is 11.2. The Kier molecular flexibility index (Phi) is 5.41. The molecule has 2 atom stereocenters. The highest BCUT2D eigenvalue weighted by molar-refractivity contribution is 7.99. The maximum absolute atomic E-state index is 11.2. The third-order valence-electron chi connectivity index (χ3n) is 4.80. The van der Waals surface area contributed by atoms with E-state index in [9.17, 15) is 9.90 Å². The summed E-state index contributed by atoms with van der Waals surface area (Å²) in [5.41, 5.74) is 1.95. The zero-order valence-electron chi connectivity index (χ0n) is 15.4. The molecule has 1 fully saturated rings. The Bertz CT molecular complexity index is 1010. The Balaban J connectivity index is 1.52. The van der Waals surface area contributed by atoms with Gasteiger partial charge in [-0.05, 0) is 40.6 Å². The van der Waals surface area contributed by atoms with E-state index in [1.165, 1.54) is 5.39 Å². The smallest absolute Gasteiger partial charge is 0.321 e. The summed E-state index contributed by atoms with van der Waals surface area (Å²) in [5, 5.41) is 14.6. The maximum atomic E-state index is 11.2. The fourth-order valence-corrected chi connectivity index (χ4v) is 4.52. The van der Waals surface area contributed by atoms with Crippen molar-refractivity contribution in [3.05, 3.63) is 71.8 Å². The second-order valence-corrected chi connectivity index (χ2v) is 7.78. The summed E-state index contributed by atoms with van der Waals surface area (Å²) < 4.78 is 11.5. The fraction of sp³-hybridized carbons (Fsp3) is 0.227. The van der Waals surface area contributed by atoms with Crippen molar-refractivity contribution in [2.75, 3.05) is 12.9 Å². The van der Waals surface area contributed by atoms with E-state index in [1.807, 2.05) is 48.5 Å². The summed E-state index contributed by atoms with van der Waals surface area (Å²) in [6, 6.07) is 19.6. The summed E-state index contributed by atoms with van der Waals surface area (Å²) in [5.74, 6) is 1.28. The average molecular weight is 395 g/mol. The molecule has 1 saturated heterocycles. The number of methoxy groups -OCH3 is 1. The van der Waals surface area contributed by atoms with Gasteiger partial charge in [0.2, 0.25) is 0 Å². The first-order valence-corrected chi connectivity index (χ1v) is 10.1. The Morgan fingerprint density at radius 3 is 2.71 bits per heavy atom. The normalized spacial score (nSPS) is 18.9. The number of carbonyl (C=O) groups is 1. The molecule has 1 aliphatic heterocycles. The van der Waals surface area contributed by atoms with Gasteiger partial charge in [-0.2, -0.15) is 0 Å². The van der Waals surface area contributed by atoms with Crippen LogP contribution in [-0.2, 0) is 11.4 Å². The number of carboxylic acid groups (broad SMARTS) is 1. The van der Waals surface area contributed by atoms with Gasteiger partial charge in [0.15, 0.2) is 0 Å². The van der Waals surface area contributed by atoms with Crippen LogP contribution in [0, 0.1) is 0 Å². The quantitative estimate of drug-likeness (QED) is 0.652. The van der Waals surface area contributed by atoms with Crippen LogP contribution in [0.5, 0.6) is 11.5 Å². The lowest BCUT2D eigenvalue weighted by Crippen LogP contribution is -2.33. The second-order valence-electron chi connectivity index (χ2n) is 6.64. The Hall–Kier alpha value is -2.70. The predicted octanol–water partition coefficient (Wildman–Crippen LogP) is 4.22. The second kappa shape index (κ2) is 8.12. The Morgan fingerprint density at radius 2 is 1.96 bits per heavy atom. The molecule has 0 radical (unpaired) electrons. The topological polar surface area (TPSA) is 67.8 Å². The number of nitrogens with one attached hydrogen (secondary N) is 1. The summed E-state index contributed by atoms with van der Waals surface area (Å²) >= 11 is 1.60. The van der Waals surface area contributed by atoms with Crippen LogP contribution in [0.2, 0.25) is 0 Å². The average Bonchev–Trinajstić information content (AvgIpc) is 3.22. The number of hydrogen-bond acceptors (Lipinski definition) is 5. The van der Waals surface area contributed by atoms with Crippen molar-refractivity contribution < 1.29 is 19.4 Å². The van der Waals surface area contributed by atoms with Crippen LogP contribution in [0.4, 0.5) is 0 Å². The molecule has 0 bridgehead atoms. The van der Waals surface area contributed by atoms with Gasteiger partial charge in [-0.3, -0.25) is 10.1 Å². The van der Waals surface area contributed by atoms with Crippen LogP contribution in [0.15, 0.2) is 60.7 Å². The Morgan fingerprint density at radius 1 is 1.14 bits per heavy atom. The van der Waals surface area contributed by atoms with Crippen LogP contribution < -0.4 is 14.8 Å². The van der Waals surface area contributed by atoms with Crippen LogP contribution in [0.1, 0.15) is 16.5 Å². The van der Waals surface area contributed by atoms with E-state index in [4.69, 9.17) is 9.47 Å². The van der Waals surface area contributed by atoms with Gasteiger partial charge in [-0.25, -0.2) is 0 Å². The Labute approximate surface area is 167 Å². The largest absolute Gasteiger partial charge is 0.496 e. The lowest BCUT2D eigenvalue weighted by Gasteiger charge is -2.16. The monoisotopic (exact) mass is 395 g/mol. The highest BCUT2D eigenvalue weighted by atomic mass is 32.2. The van der Waals surface area contributed by atoms with Gasteiger partial charge in [-0.1, -0.05) is 36.4 Å². The molecule has 4 rings (SSSR count). The van der Waals surface area contributed by atoms with Crippen molar-refractivity contribution in [2.24, 2.45) is 0 Å². The summed E-state index contributed by atoms with van der Waals surface area (Å²) in [7, 11) is 1.64. The number of hydrogen-bond donors (Lipinski definition) is 2. The number of benzene rings is 3. The number of aliphatic carboxylic acids is 1. The molecule has 28 heavy (non-hydrogen) atoms. The van der Waals surface area contributed by atoms with Crippen LogP contribution in [-0.4, -0.2) is 30.0 Å². The van der Waals surface area contributed by atoms with E-state index >= 15 is 0 Å². The van der Waals surface area contributed by atoms with E-state index in [0.717, 1.165) is 28.0 Å². The predicted molar refractivity (Wildman–Crippen MR) is 111 cm³/mol. The van der Waals surface area contributed by atoms with Crippen LogP contribution >= 0.6 is 11.8 Å². The summed E-state index contributed by atoms with van der Waals surface area (Å²) in [6.45, 7) is 0.370. The SMILES string of the molecule is COc1ccc([C@H]2N[C@@H](C(=O)O)CS2)cc1COc1ccc2ccccc2c1. The molecule has 6 heteroatoms. The molecule has 0 aliphatic carbocycles. The zero-order valence-corrected chi connectivity index (χ0v) is 16.2. The molecular weight excluding hydrogens is 374 g/mol. The highest BCUT2D eigenvalue weighted by Crippen LogP contribution is 2.35. The highest BCUT2D eigenvalue weighted by Gasteiger charge is 2.30. The van der Waals surface area contributed by atoms with Crippen molar-refractivity contribution in [1.29, 1.82) is 0 Å². The van der Waals surface area contributed by atoms with Crippen molar-refractivity contribution in [1.82, 2.24) is 5.32 Å². The van der Waals surface area contributed by atoms with Gasteiger partial charge in [0.1, 0.15) is 24.1 Å². The number of fused-ring (bicyclic) bond motifs is 1. The lowest BCUT2D eigenvalue weighted by atomic mass is 10.1. The van der Waals surface area contributed by atoms with Crippen molar-refractivity contribution >= 4 is 28.5 Å². The fourth-order valence-electron chi connectivity index (χ4n) is 3.30. The van der Waals surface area contributed by atoms with Crippen LogP contribution in [0.3, 0.4) is 0 Å². The number of ether oxygens (including phenoxy) is 2. The minimum Gasteiger partial charge on any atom is -0.496 e. The van der Waals surface area contributed by atoms with E-state index in [0.29, 0.717) is 12.4 Å². The molecule has 3 aromatic carbocycles. The molecule has 0 spiro atoms. The van der Waals surface area contributed by atoms with Crippen molar-refractivity contribution in [3.63, 3.8) is 0 Å². The van der Waals surface area contributed by atoms with Gasteiger partial charge in [0.25, 0.3) is 0 Å². The van der Waals surface area contributed by atoms with E-state index in [2.05, 4.69) is 17.4 Å². The zero-order chi connectivity index (χ0) is 19.5. The van der Waals surface area contributed by atoms with Crippen molar-refractivity contribution in [2.45, 2.75) is 18.0 Å². The minimum atomic E-state index is -0.816. The molecule has 0 saturated carbocycles. The molecule has 0 aromatic heterocycles. The first kappa shape index (κ1) is 18.7. The standard InChI is InChI=1S/C22H21NO4S/c1-26-20-9-7-16(21-23-19(13-28-21)22(24)25)10-17(20)12-27-18-8-6-14-4-2-3-5-15(14)11-18/h2-11,19,21,23H,12-13H2,1H3,(H,24,25)/t19-,21+/m1/s1. The van der Waals surface area contributed by atoms with Crippen molar-refractivity contribution in [3.8, 4) is 11.5 Å². The number of thioether (sulfide) groups is 1. The van der Waals surface area contributed by atoms with Gasteiger partial charge >= 0.3 is 5.97 Å². The third-order valence-corrected chi connectivity index (χ3v) is 6.07. The first-order chi connectivity index (χ1) is 13.6. The third kappa shape index (κ3) is 3.93. The number of rotatable bonds is 6. The molecule has 5 nitrogen and oxygen atoms in total.